The Balaban J connectivity index is 1.57. The summed E-state index contributed by atoms with van der Waals surface area (Å²) in [6, 6.07) is 8.48. The molecule has 2 heterocycles. The molecule has 2 aliphatic rings. The summed E-state index contributed by atoms with van der Waals surface area (Å²) in [4.78, 5) is 6.80. The number of rotatable bonds is 5. The quantitative estimate of drug-likeness (QED) is 0.590. The summed E-state index contributed by atoms with van der Waals surface area (Å²) in [5, 5.41) is 6.60. The predicted octanol–water partition coefficient (Wildman–Crippen LogP) is 1.77. The van der Waals surface area contributed by atoms with Crippen LogP contribution in [0.15, 0.2) is 29.3 Å². The minimum atomic E-state index is -2.89. The highest BCUT2D eigenvalue weighted by Gasteiger charge is 2.28. The normalized spacial score (nSPS) is 26.1. The first-order valence-electron chi connectivity index (χ1n) is 9.92. The average Bonchev–Trinajstić information content (AvgIpc) is 2.98. The number of benzene rings is 1. The summed E-state index contributed by atoms with van der Waals surface area (Å²) in [5.41, 5.74) is 2.61. The van der Waals surface area contributed by atoms with Crippen molar-refractivity contribution in [2.75, 3.05) is 31.6 Å². The summed E-state index contributed by atoms with van der Waals surface area (Å²) in [7, 11) is -1.17. The van der Waals surface area contributed by atoms with Crippen LogP contribution in [-0.2, 0) is 22.9 Å². The Morgan fingerprint density at radius 3 is 2.70 bits per heavy atom. The van der Waals surface area contributed by atoms with Crippen molar-refractivity contribution >= 4 is 15.8 Å². The zero-order valence-electron chi connectivity index (χ0n) is 16.4. The molecule has 0 aliphatic carbocycles. The summed E-state index contributed by atoms with van der Waals surface area (Å²) < 4.78 is 23.3. The molecule has 150 valence electrons. The smallest absolute Gasteiger partial charge is 0.191 e. The van der Waals surface area contributed by atoms with Crippen molar-refractivity contribution in [2.24, 2.45) is 10.9 Å². The minimum Gasteiger partial charge on any atom is -0.353 e. The van der Waals surface area contributed by atoms with E-state index >= 15 is 0 Å². The van der Waals surface area contributed by atoms with Crippen LogP contribution in [0.5, 0.6) is 0 Å². The van der Waals surface area contributed by atoms with Gasteiger partial charge in [-0.2, -0.15) is 0 Å². The molecule has 0 saturated carbocycles. The Hall–Kier alpha value is -1.60. The van der Waals surface area contributed by atoms with E-state index in [1.54, 1.807) is 7.05 Å². The van der Waals surface area contributed by atoms with Crippen molar-refractivity contribution in [1.29, 1.82) is 0 Å². The molecular weight excluding hydrogens is 360 g/mol. The molecule has 3 rings (SSSR count). The number of likely N-dealkylation sites (tertiary alicyclic amines) is 1. The zero-order chi connectivity index (χ0) is 19.3. The fraction of sp³-hybridized carbons (Fsp3) is 0.650. The SMILES string of the molecule is CN=C(NCc1ccccc1CN1CCCC(C)C1)NC1CCS(=O)(=O)C1. The first-order valence-corrected chi connectivity index (χ1v) is 11.7. The molecule has 7 heteroatoms. The Kier molecular flexibility index (Phi) is 6.76. The molecule has 2 atom stereocenters. The van der Waals surface area contributed by atoms with Gasteiger partial charge in [-0.3, -0.25) is 9.89 Å². The number of sulfone groups is 1. The number of piperidine rings is 1. The highest BCUT2D eigenvalue weighted by molar-refractivity contribution is 7.91. The third-order valence-electron chi connectivity index (χ3n) is 5.50. The summed E-state index contributed by atoms with van der Waals surface area (Å²) in [5.74, 6) is 1.89. The van der Waals surface area contributed by atoms with Gasteiger partial charge < -0.3 is 10.6 Å². The van der Waals surface area contributed by atoms with Gasteiger partial charge in [0.25, 0.3) is 0 Å². The van der Waals surface area contributed by atoms with Gasteiger partial charge in [0, 0.05) is 32.7 Å². The molecule has 1 aromatic rings. The lowest BCUT2D eigenvalue weighted by Gasteiger charge is -2.31. The molecule has 2 N–H and O–H groups in total. The van der Waals surface area contributed by atoms with Crippen LogP contribution >= 0.6 is 0 Å². The van der Waals surface area contributed by atoms with E-state index in [1.165, 1.54) is 37.1 Å². The van der Waals surface area contributed by atoms with Gasteiger partial charge in [-0.1, -0.05) is 31.2 Å². The van der Waals surface area contributed by atoms with Crippen LogP contribution in [0.2, 0.25) is 0 Å². The minimum absolute atomic E-state index is 0.0497. The standard InChI is InChI=1S/C20H32N4O2S/c1-16-6-5-10-24(13-16)14-18-8-4-3-7-17(18)12-22-20(21-2)23-19-9-11-27(25,26)15-19/h3-4,7-8,16,19H,5-6,9-15H2,1-2H3,(H2,21,22,23). The molecule has 0 amide bonds. The van der Waals surface area contributed by atoms with Crippen LogP contribution in [0, 0.1) is 5.92 Å². The molecule has 0 spiro atoms. The van der Waals surface area contributed by atoms with Gasteiger partial charge in [-0.05, 0) is 42.9 Å². The lowest BCUT2D eigenvalue weighted by atomic mass is 9.99. The number of nitrogens with one attached hydrogen (secondary N) is 2. The highest BCUT2D eigenvalue weighted by atomic mass is 32.2. The molecule has 0 bridgehead atoms. The van der Waals surface area contributed by atoms with Crippen LogP contribution < -0.4 is 10.6 Å². The topological polar surface area (TPSA) is 73.8 Å². The monoisotopic (exact) mass is 392 g/mol. The first-order chi connectivity index (χ1) is 12.9. The van der Waals surface area contributed by atoms with Crippen molar-refractivity contribution < 1.29 is 8.42 Å². The van der Waals surface area contributed by atoms with E-state index in [2.05, 4.69) is 51.7 Å². The number of guanidine groups is 1. The van der Waals surface area contributed by atoms with Gasteiger partial charge in [0.15, 0.2) is 15.8 Å². The maximum absolute atomic E-state index is 11.6. The highest BCUT2D eigenvalue weighted by Crippen LogP contribution is 2.19. The van der Waals surface area contributed by atoms with Crippen LogP contribution in [0.4, 0.5) is 0 Å². The molecule has 6 nitrogen and oxygen atoms in total. The number of aliphatic imine (C=N–C) groups is 1. The van der Waals surface area contributed by atoms with Crippen LogP contribution in [-0.4, -0.2) is 57.0 Å². The second kappa shape index (κ2) is 9.06. The van der Waals surface area contributed by atoms with E-state index in [9.17, 15) is 8.42 Å². The molecule has 2 fully saturated rings. The van der Waals surface area contributed by atoms with E-state index in [0.29, 0.717) is 18.9 Å². The average molecular weight is 393 g/mol. The molecule has 2 aliphatic heterocycles. The van der Waals surface area contributed by atoms with Crippen LogP contribution in [0.25, 0.3) is 0 Å². The van der Waals surface area contributed by atoms with Gasteiger partial charge in [0.05, 0.1) is 11.5 Å². The molecule has 2 saturated heterocycles. The molecule has 27 heavy (non-hydrogen) atoms. The molecular formula is C20H32N4O2S. The van der Waals surface area contributed by atoms with E-state index in [0.717, 1.165) is 12.5 Å². The van der Waals surface area contributed by atoms with E-state index in [-0.39, 0.29) is 17.5 Å². The summed E-state index contributed by atoms with van der Waals surface area (Å²) >= 11 is 0. The lowest BCUT2D eigenvalue weighted by Crippen LogP contribution is -2.43. The van der Waals surface area contributed by atoms with Crippen molar-refractivity contribution in [3.05, 3.63) is 35.4 Å². The second-order valence-electron chi connectivity index (χ2n) is 7.92. The second-order valence-corrected chi connectivity index (χ2v) is 10.2. The Labute approximate surface area is 163 Å². The van der Waals surface area contributed by atoms with E-state index < -0.39 is 9.84 Å². The van der Waals surface area contributed by atoms with Crippen molar-refractivity contribution in [1.82, 2.24) is 15.5 Å². The molecule has 1 aromatic carbocycles. The van der Waals surface area contributed by atoms with E-state index in [1.807, 2.05) is 0 Å². The van der Waals surface area contributed by atoms with Gasteiger partial charge >= 0.3 is 0 Å². The number of hydrogen-bond donors (Lipinski definition) is 2. The van der Waals surface area contributed by atoms with Crippen molar-refractivity contribution in [3.63, 3.8) is 0 Å². The maximum atomic E-state index is 11.6. The number of nitrogens with zero attached hydrogens (tertiary/aromatic N) is 2. The van der Waals surface area contributed by atoms with Crippen LogP contribution in [0.1, 0.15) is 37.3 Å². The van der Waals surface area contributed by atoms with Crippen molar-refractivity contribution in [2.45, 2.75) is 45.3 Å². The van der Waals surface area contributed by atoms with Gasteiger partial charge in [0.2, 0.25) is 0 Å². The maximum Gasteiger partial charge on any atom is 0.191 e. The molecule has 0 aromatic heterocycles. The number of hydrogen-bond acceptors (Lipinski definition) is 4. The van der Waals surface area contributed by atoms with Gasteiger partial charge in [-0.25, -0.2) is 8.42 Å². The first kappa shape index (κ1) is 20.1. The summed E-state index contributed by atoms with van der Waals surface area (Å²) in [6.07, 6.45) is 3.26. The van der Waals surface area contributed by atoms with Gasteiger partial charge in [0.1, 0.15) is 0 Å². The largest absolute Gasteiger partial charge is 0.353 e. The fourth-order valence-corrected chi connectivity index (χ4v) is 5.70. The molecule has 2 unspecified atom stereocenters. The summed E-state index contributed by atoms with van der Waals surface area (Å²) in [6.45, 7) is 6.33. The Morgan fingerprint density at radius 1 is 1.26 bits per heavy atom. The Bertz CT molecular complexity index is 763. The third kappa shape index (κ3) is 5.94. The lowest BCUT2D eigenvalue weighted by molar-refractivity contribution is 0.176. The van der Waals surface area contributed by atoms with E-state index in [4.69, 9.17) is 0 Å². The molecule has 0 radical (unpaired) electrons. The van der Waals surface area contributed by atoms with Gasteiger partial charge in [-0.15, -0.1) is 0 Å². The third-order valence-corrected chi connectivity index (χ3v) is 7.26. The predicted molar refractivity (Wildman–Crippen MR) is 111 cm³/mol. The van der Waals surface area contributed by atoms with Crippen molar-refractivity contribution in [3.8, 4) is 0 Å². The Morgan fingerprint density at radius 2 is 2.04 bits per heavy atom. The van der Waals surface area contributed by atoms with Crippen LogP contribution in [0.3, 0.4) is 0 Å². The fourth-order valence-electron chi connectivity index (χ4n) is 4.03. The zero-order valence-corrected chi connectivity index (χ0v) is 17.3.